The molecule has 64 valence electrons. The van der Waals surface area contributed by atoms with Gasteiger partial charge in [-0.05, 0) is 19.8 Å². The van der Waals surface area contributed by atoms with Crippen molar-refractivity contribution in [2.45, 2.75) is 32.6 Å². The predicted molar refractivity (Wildman–Crippen MR) is 41.5 cm³/mol. The van der Waals surface area contributed by atoms with Crippen LogP contribution in [0.15, 0.2) is 0 Å². The van der Waals surface area contributed by atoms with Crippen LogP contribution in [0.4, 0.5) is 0 Å². The summed E-state index contributed by atoms with van der Waals surface area (Å²) in [5, 5.41) is 0. The summed E-state index contributed by atoms with van der Waals surface area (Å²) in [6.45, 7) is 5.68. The van der Waals surface area contributed by atoms with Gasteiger partial charge in [-0.2, -0.15) is 5.92 Å². The minimum absolute atomic E-state index is 0. The van der Waals surface area contributed by atoms with Gasteiger partial charge in [-0.3, -0.25) is 4.79 Å². The van der Waals surface area contributed by atoms with Crippen molar-refractivity contribution in [3.63, 3.8) is 0 Å². The normalized spacial score (nSPS) is 30.7. The molecule has 0 atom stereocenters. The number of carbonyl (C=O) groups excluding carboxylic acids is 1. The second-order valence-corrected chi connectivity index (χ2v) is 3.33. The summed E-state index contributed by atoms with van der Waals surface area (Å²) in [5.41, 5.74) is 0. The molecular weight excluding hydrogens is 220 g/mol. The third-order valence-electron chi connectivity index (χ3n) is 2.42. The second-order valence-electron chi connectivity index (χ2n) is 3.33. The molecule has 0 heterocycles. The zero-order valence-electron chi connectivity index (χ0n) is 7.01. The van der Waals surface area contributed by atoms with E-state index in [0.29, 0.717) is 17.6 Å². The smallest absolute Gasteiger partial charge is 0.132 e. The maximum Gasteiger partial charge on any atom is 0.132 e. The molecule has 1 nitrogen and oxygen atoms in total. The van der Waals surface area contributed by atoms with Crippen LogP contribution in [0.1, 0.15) is 32.6 Å². The fraction of sp³-hybridized carbons (Fsp3) is 0.778. The average Bonchev–Trinajstić information content (AvgIpc) is 1.88. The fourth-order valence-electron chi connectivity index (χ4n) is 1.57. The number of ketones is 1. The van der Waals surface area contributed by atoms with Gasteiger partial charge in [0.15, 0.2) is 0 Å². The Kier molecular flexibility index (Phi) is 5.25. The SMILES string of the molecule is [CH2-]C1CCC(C(C)=O)CC1.[Mo]. The third-order valence-corrected chi connectivity index (χ3v) is 2.42. The molecule has 1 saturated carbocycles. The van der Waals surface area contributed by atoms with Crippen molar-refractivity contribution in [2.24, 2.45) is 11.8 Å². The molecule has 0 spiro atoms. The second kappa shape index (κ2) is 5.08. The molecule has 0 bridgehead atoms. The average molecular weight is 235 g/mol. The molecule has 0 N–H and O–H groups in total. The molecular formula is C9H15MoO-. The minimum atomic E-state index is 0. The number of Topliss-reactive ketones (excluding diaryl/α,β-unsaturated/α-hetero) is 1. The largest absolute Gasteiger partial charge is 0.340 e. The Balaban J connectivity index is 0.000001000. The Morgan fingerprint density at radius 2 is 1.73 bits per heavy atom. The van der Waals surface area contributed by atoms with Gasteiger partial charge in [-0.15, -0.1) is 0 Å². The van der Waals surface area contributed by atoms with Crippen LogP contribution in [0.2, 0.25) is 0 Å². The van der Waals surface area contributed by atoms with Gasteiger partial charge < -0.3 is 6.92 Å². The van der Waals surface area contributed by atoms with Gasteiger partial charge >= 0.3 is 0 Å². The predicted octanol–water partition coefficient (Wildman–Crippen LogP) is 2.21. The van der Waals surface area contributed by atoms with Crippen LogP contribution in [-0.4, -0.2) is 5.78 Å². The molecule has 0 aromatic carbocycles. The molecule has 0 amide bonds. The van der Waals surface area contributed by atoms with Crippen LogP contribution >= 0.6 is 0 Å². The van der Waals surface area contributed by atoms with Crippen LogP contribution in [0.5, 0.6) is 0 Å². The van der Waals surface area contributed by atoms with Crippen molar-refractivity contribution in [2.75, 3.05) is 0 Å². The van der Waals surface area contributed by atoms with Crippen LogP contribution in [0.3, 0.4) is 0 Å². The Bertz CT molecular complexity index is 126. The van der Waals surface area contributed by atoms with Crippen LogP contribution in [-0.2, 0) is 25.9 Å². The first-order valence-electron chi connectivity index (χ1n) is 4.03. The van der Waals surface area contributed by atoms with Gasteiger partial charge in [0.25, 0.3) is 0 Å². The van der Waals surface area contributed by atoms with Gasteiger partial charge in [0, 0.05) is 27.0 Å². The summed E-state index contributed by atoms with van der Waals surface area (Å²) >= 11 is 0. The molecule has 0 unspecified atom stereocenters. The molecule has 1 fully saturated rings. The molecule has 0 aromatic rings. The quantitative estimate of drug-likeness (QED) is 0.503. The van der Waals surface area contributed by atoms with Crippen LogP contribution in [0, 0.1) is 18.8 Å². The molecule has 1 rings (SSSR count). The van der Waals surface area contributed by atoms with Gasteiger partial charge in [0.05, 0.1) is 0 Å². The van der Waals surface area contributed by atoms with Crippen molar-refractivity contribution in [3.8, 4) is 0 Å². The van der Waals surface area contributed by atoms with Crippen molar-refractivity contribution in [1.29, 1.82) is 0 Å². The molecule has 0 radical (unpaired) electrons. The number of rotatable bonds is 1. The molecule has 11 heavy (non-hydrogen) atoms. The molecule has 0 aromatic heterocycles. The zero-order valence-corrected chi connectivity index (χ0v) is 9.01. The zero-order chi connectivity index (χ0) is 7.56. The molecule has 1 aliphatic carbocycles. The summed E-state index contributed by atoms with van der Waals surface area (Å²) in [7, 11) is 0. The first-order valence-corrected chi connectivity index (χ1v) is 4.03. The summed E-state index contributed by atoms with van der Waals surface area (Å²) in [6, 6.07) is 0. The van der Waals surface area contributed by atoms with E-state index in [4.69, 9.17) is 0 Å². The maximum absolute atomic E-state index is 10.9. The van der Waals surface area contributed by atoms with E-state index < -0.39 is 0 Å². The Morgan fingerprint density at radius 1 is 1.27 bits per heavy atom. The number of hydrogen-bond acceptors (Lipinski definition) is 1. The molecule has 0 aliphatic heterocycles. The summed E-state index contributed by atoms with van der Waals surface area (Å²) in [4.78, 5) is 10.9. The van der Waals surface area contributed by atoms with Crippen LogP contribution in [0.25, 0.3) is 0 Å². The summed E-state index contributed by atoms with van der Waals surface area (Å²) < 4.78 is 0. The van der Waals surface area contributed by atoms with E-state index in [1.165, 1.54) is 0 Å². The molecule has 2 heteroatoms. The van der Waals surface area contributed by atoms with Crippen molar-refractivity contribution in [3.05, 3.63) is 6.92 Å². The maximum atomic E-state index is 10.9. The minimum Gasteiger partial charge on any atom is -0.340 e. The summed E-state index contributed by atoms with van der Waals surface area (Å²) in [6.07, 6.45) is 4.43. The van der Waals surface area contributed by atoms with E-state index in [9.17, 15) is 4.79 Å². The van der Waals surface area contributed by atoms with E-state index in [2.05, 4.69) is 6.92 Å². The van der Waals surface area contributed by atoms with Gasteiger partial charge in [-0.1, -0.05) is 12.8 Å². The Morgan fingerprint density at radius 3 is 2.09 bits per heavy atom. The Hall–Kier alpha value is 0.358. The van der Waals surface area contributed by atoms with E-state index >= 15 is 0 Å². The van der Waals surface area contributed by atoms with Crippen molar-refractivity contribution in [1.82, 2.24) is 0 Å². The molecule has 0 saturated heterocycles. The standard InChI is InChI=1S/C9H15O.Mo/c1-7-3-5-9(6-4-7)8(2)10;/h7,9H,1,3-6H2,2H3;/q-1;. The van der Waals surface area contributed by atoms with Crippen molar-refractivity contribution >= 4 is 5.78 Å². The van der Waals surface area contributed by atoms with E-state index in [1.807, 2.05) is 0 Å². The van der Waals surface area contributed by atoms with Gasteiger partial charge in [-0.25, -0.2) is 0 Å². The van der Waals surface area contributed by atoms with E-state index in [0.717, 1.165) is 25.7 Å². The summed E-state index contributed by atoms with van der Waals surface area (Å²) in [5.74, 6) is 1.33. The first kappa shape index (κ1) is 11.4. The van der Waals surface area contributed by atoms with E-state index in [1.54, 1.807) is 6.92 Å². The fourth-order valence-corrected chi connectivity index (χ4v) is 1.57. The molecule has 1 aliphatic rings. The third kappa shape index (κ3) is 3.51. The topological polar surface area (TPSA) is 17.1 Å². The van der Waals surface area contributed by atoms with Gasteiger partial charge in [0.1, 0.15) is 5.78 Å². The Labute approximate surface area is 83.2 Å². The first-order chi connectivity index (χ1) is 4.70. The van der Waals surface area contributed by atoms with Gasteiger partial charge in [0.2, 0.25) is 0 Å². The number of hydrogen-bond donors (Lipinski definition) is 0. The monoisotopic (exact) mass is 237 g/mol. The van der Waals surface area contributed by atoms with Crippen molar-refractivity contribution < 1.29 is 25.9 Å². The number of carbonyl (C=O) groups is 1. The van der Waals surface area contributed by atoms with E-state index in [-0.39, 0.29) is 21.1 Å². The van der Waals surface area contributed by atoms with Crippen LogP contribution < -0.4 is 0 Å².